The Labute approximate surface area is 113 Å². The van der Waals surface area contributed by atoms with Gasteiger partial charge in [0.25, 0.3) is 0 Å². The number of thiazole rings is 1. The summed E-state index contributed by atoms with van der Waals surface area (Å²) in [5.74, 6) is 0.626. The molecule has 0 unspecified atom stereocenters. The zero-order valence-corrected chi connectivity index (χ0v) is 11.3. The van der Waals surface area contributed by atoms with Crippen LogP contribution in [0, 0.1) is 5.82 Å². The summed E-state index contributed by atoms with van der Waals surface area (Å²) in [6.45, 7) is 0. The van der Waals surface area contributed by atoms with Crippen molar-refractivity contribution in [1.29, 1.82) is 0 Å². The van der Waals surface area contributed by atoms with Crippen LogP contribution in [0.4, 0.5) is 4.39 Å². The van der Waals surface area contributed by atoms with Crippen LogP contribution >= 0.6 is 23.1 Å². The number of hydrogen-bond acceptors (Lipinski definition) is 4. The lowest BCUT2D eigenvalue weighted by Gasteiger charge is -2.00. The molecule has 0 aliphatic heterocycles. The van der Waals surface area contributed by atoms with Crippen LogP contribution in [0.1, 0.15) is 23.2 Å². The molecule has 2 rings (SSSR count). The van der Waals surface area contributed by atoms with E-state index < -0.39 is 0 Å². The van der Waals surface area contributed by atoms with Crippen LogP contribution in [-0.2, 0) is 0 Å². The predicted octanol–water partition coefficient (Wildman–Crippen LogP) is 4.04. The van der Waals surface area contributed by atoms with Crippen LogP contribution in [0.15, 0.2) is 40.2 Å². The van der Waals surface area contributed by atoms with Crippen molar-refractivity contribution in [3.63, 3.8) is 0 Å². The van der Waals surface area contributed by atoms with Crippen molar-refractivity contribution < 1.29 is 9.18 Å². The third-order valence-electron chi connectivity index (χ3n) is 2.35. The molecule has 0 N–H and O–H groups in total. The maximum absolute atomic E-state index is 12.7. The van der Waals surface area contributed by atoms with Gasteiger partial charge in [0.2, 0.25) is 0 Å². The molecule has 18 heavy (non-hydrogen) atoms. The summed E-state index contributed by atoms with van der Waals surface area (Å²) < 4.78 is 13.7. The van der Waals surface area contributed by atoms with Gasteiger partial charge in [0, 0.05) is 29.3 Å². The number of rotatable bonds is 6. The Balaban J connectivity index is 1.73. The van der Waals surface area contributed by atoms with Gasteiger partial charge in [-0.25, -0.2) is 9.37 Å². The van der Waals surface area contributed by atoms with E-state index in [1.54, 1.807) is 29.3 Å². The van der Waals surface area contributed by atoms with Crippen LogP contribution in [0.5, 0.6) is 0 Å². The Kier molecular flexibility index (Phi) is 4.90. The number of halogens is 1. The van der Waals surface area contributed by atoms with E-state index in [1.807, 2.05) is 5.38 Å². The minimum absolute atomic E-state index is 0.0646. The number of carbonyl (C=O) groups excluding carboxylic acids is 1. The van der Waals surface area contributed by atoms with Gasteiger partial charge in [-0.05, 0) is 30.7 Å². The molecule has 0 radical (unpaired) electrons. The second-order valence-corrected chi connectivity index (χ2v) is 5.92. The number of hydrogen-bond donors (Lipinski definition) is 0. The van der Waals surface area contributed by atoms with E-state index in [0.29, 0.717) is 12.0 Å². The number of Topliss-reactive ketones (excluding diaryl/α,β-unsaturated/α-hetero) is 1. The molecular formula is C13H12FNOS2. The molecular weight excluding hydrogens is 269 g/mol. The van der Waals surface area contributed by atoms with E-state index in [0.717, 1.165) is 16.5 Å². The van der Waals surface area contributed by atoms with Crippen LogP contribution in [0.2, 0.25) is 0 Å². The van der Waals surface area contributed by atoms with Gasteiger partial charge in [-0.2, -0.15) is 0 Å². The molecule has 1 aromatic heterocycles. The van der Waals surface area contributed by atoms with Gasteiger partial charge < -0.3 is 0 Å². The molecule has 1 heterocycles. The number of thioether (sulfide) groups is 1. The maximum atomic E-state index is 12.7. The molecule has 0 fully saturated rings. The third-order valence-corrected chi connectivity index (χ3v) is 4.40. The highest BCUT2D eigenvalue weighted by atomic mass is 32.2. The Morgan fingerprint density at radius 1 is 1.33 bits per heavy atom. The van der Waals surface area contributed by atoms with E-state index >= 15 is 0 Å². The van der Waals surface area contributed by atoms with Gasteiger partial charge in [0.15, 0.2) is 5.78 Å². The van der Waals surface area contributed by atoms with Gasteiger partial charge in [0.05, 0.1) is 0 Å². The summed E-state index contributed by atoms with van der Waals surface area (Å²) in [4.78, 5) is 15.9. The molecule has 0 aliphatic rings. The SMILES string of the molecule is O=C(CCCSc1nccs1)c1ccc(F)cc1. The van der Waals surface area contributed by atoms with Gasteiger partial charge >= 0.3 is 0 Å². The summed E-state index contributed by atoms with van der Waals surface area (Å²) >= 11 is 3.27. The molecule has 0 aliphatic carbocycles. The highest BCUT2D eigenvalue weighted by Gasteiger charge is 2.06. The fourth-order valence-corrected chi connectivity index (χ4v) is 3.10. The Morgan fingerprint density at radius 3 is 2.78 bits per heavy atom. The van der Waals surface area contributed by atoms with Crippen molar-refractivity contribution >= 4 is 28.9 Å². The van der Waals surface area contributed by atoms with Crippen molar-refractivity contribution in [2.24, 2.45) is 0 Å². The monoisotopic (exact) mass is 281 g/mol. The predicted molar refractivity (Wildman–Crippen MR) is 72.8 cm³/mol. The third kappa shape index (κ3) is 3.92. The average Bonchev–Trinajstić information content (AvgIpc) is 2.88. The highest BCUT2D eigenvalue weighted by molar-refractivity contribution is 8.00. The smallest absolute Gasteiger partial charge is 0.162 e. The lowest BCUT2D eigenvalue weighted by molar-refractivity contribution is 0.0982. The number of ketones is 1. The number of benzene rings is 1. The van der Waals surface area contributed by atoms with Crippen LogP contribution < -0.4 is 0 Å². The van der Waals surface area contributed by atoms with Gasteiger partial charge in [-0.15, -0.1) is 11.3 Å². The molecule has 2 nitrogen and oxygen atoms in total. The van der Waals surface area contributed by atoms with E-state index in [9.17, 15) is 9.18 Å². The van der Waals surface area contributed by atoms with Gasteiger partial charge in [-0.3, -0.25) is 4.79 Å². The quantitative estimate of drug-likeness (QED) is 0.455. The molecule has 0 atom stereocenters. The van der Waals surface area contributed by atoms with Crippen LogP contribution in [0.3, 0.4) is 0 Å². The molecule has 1 aromatic carbocycles. The van der Waals surface area contributed by atoms with Crippen molar-refractivity contribution in [3.05, 3.63) is 47.2 Å². The Bertz CT molecular complexity index is 496. The first kappa shape index (κ1) is 13.2. The Morgan fingerprint density at radius 2 is 2.11 bits per heavy atom. The normalized spacial score (nSPS) is 10.5. The second kappa shape index (κ2) is 6.66. The molecule has 0 saturated heterocycles. The van der Waals surface area contributed by atoms with Crippen LogP contribution in [-0.4, -0.2) is 16.5 Å². The molecule has 5 heteroatoms. The summed E-state index contributed by atoms with van der Waals surface area (Å²) in [5, 5.41) is 1.94. The molecule has 94 valence electrons. The fraction of sp³-hybridized carbons (Fsp3) is 0.231. The van der Waals surface area contributed by atoms with Crippen molar-refractivity contribution in [2.75, 3.05) is 5.75 Å². The number of carbonyl (C=O) groups is 1. The molecule has 0 bridgehead atoms. The molecule has 2 aromatic rings. The largest absolute Gasteiger partial charge is 0.294 e. The van der Waals surface area contributed by atoms with Crippen molar-refractivity contribution in [2.45, 2.75) is 17.2 Å². The molecule has 0 spiro atoms. The summed E-state index contributed by atoms with van der Waals surface area (Å²) in [6.07, 6.45) is 3.07. The summed E-state index contributed by atoms with van der Waals surface area (Å²) in [7, 11) is 0. The first-order valence-corrected chi connectivity index (χ1v) is 7.43. The summed E-state index contributed by atoms with van der Waals surface area (Å²) in [5.41, 5.74) is 0.579. The van der Waals surface area contributed by atoms with Gasteiger partial charge in [0.1, 0.15) is 10.2 Å². The zero-order chi connectivity index (χ0) is 12.8. The molecule has 0 amide bonds. The zero-order valence-electron chi connectivity index (χ0n) is 9.64. The topological polar surface area (TPSA) is 30.0 Å². The second-order valence-electron chi connectivity index (χ2n) is 3.68. The van der Waals surface area contributed by atoms with Crippen LogP contribution in [0.25, 0.3) is 0 Å². The highest BCUT2D eigenvalue weighted by Crippen LogP contribution is 2.21. The van der Waals surface area contributed by atoms with Crippen molar-refractivity contribution in [3.8, 4) is 0 Å². The lowest BCUT2D eigenvalue weighted by atomic mass is 10.1. The van der Waals surface area contributed by atoms with E-state index in [4.69, 9.17) is 0 Å². The fourth-order valence-electron chi connectivity index (χ4n) is 1.45. The maximum Gasteiger partial charge on any atom is 0.162 e. The molecule has 0 saturated carbocycles. The van der Waals surface area contributed by atoms with Gasteiger partial charge in [-0.1, -0.05) is 11.8 Å². The minimum Gasteiger partial charge on any atom is -0.294 e. The minimum atomic E-state index is -0.314. The number of nitrogens with zero attached hydrogens (tertiary/aromatic N) is 1. The first-order valence-electron chi connectivity index (χ1n) is 5.57. The standard InChI is InChI=1S/C13H12FNOS2/c14-11-5-3-10(4-6-11)12(16)2-1-8-17-13-15-7-9-18-13/h3-7,9H,1-2,8H2. The summed E-state index contributed by atoms with van der Waals surface area (Å²) in [6, 6.07) is 5.70. The lowest BCUT2D eigenvalue weighted by Crippen LogP contribution is -1.99. The average molecular weight is 281 g/mol. The number of aromatic nitrogens is 1. The van der Waals surface area contributed by atoms with E-state index in [-0.39, 0.29) is 11.6 Å². The Hall–Kier alpha value is -1.20. The first-order chi connectivity index (χ1) is 8.75. The van der Waals surface area contributed by atoms with Crippen molar-refractivity contribution in [1.82, 2.24) is 4.98 Å². The van der Waals surface area contributed by atoms with E-state index in [2.05, 4.69) is 4.98 Å². The van der Waals surface area contributed by atoms with E-state index in [1.165, 1.54) is 24.3 Å².